The van der Waals surface area contributed by atoms with Gasteiger partial charge < -0.3 is 20.3 Å². The Morgan fingerprint density at radius 3 is 2.44 bits per heavy atom. The number of carbonyl (C=O) groups excluding carboxylic acids is 3. The van der Waals surface area contributed by atoms with Crippen molar-refractivity contribution >= 4 is 69.3 Å². The zero-order valence-electron chi connectivity index (χ0n) is 16.6. The van der Waals surface area contributed by atoms with E-state index in [1.54, 1.807) is 53.4 Å². The SMILES string of the molecule is O=C(Nc1ccc(N2CCOCC2=O)cc1)c1ccc(Cl)c(NC(=O)c2ccc(Cl)s2)c1. The predicted octanol–water partition coefficient (Wildman–Crippen LogP) is 4.92. The summed E-state index contributed by atoms with van der Waals surface area (Å²) in [5, 5.41) is 5.80. The van der Waals surface area contributed by atoms with Crippen molar-refractivity contribution in [2.75, 3.05) is 35.3 Å². The largest absolute Gasteiger partial charge is 0.370 e. The van der Waals surface area contributed by atoms with E-state index in [4.69, 9.17) is 27.9 Å². The zero-order chi connectivity index (χ0) is 22.7. The van der Waals surface area contributed by atoms with Crippen LogP contribution in [-0.4, -0.2) is 37.5 Å². The highest BCUT2D eigenvalue weighted by atomic mass is 35.5. The van der Waals surface area contributed by atoms with E-state index in [1.165, 1.54) is 6.07 Å². The second-order valence-electron chi connectivity index (χ2n) is 6.85. The average molecular weight is 490 g/mol. The van der Waals surface area contributed by atoms with Gasteiger partial charge in [-0.15, -0.1) is 11.3 Å². The minimum atomic E-state index is -0.369. The van der Waals surface area contributed by atoms with Gasteiger partial charge in [-0.25, -0.2) is 0 Å². The third-order valence-electron chi connectivity index (χ3n) is 4.70. The molecule has 4 rings (SSSR count). The van der Waals surface area contributed by atoms with Gasteiger partial charge in [0.15, 0.2) is 0 Å². The molecule has 2 aromatic carbocycles. The van der Waals surface area contributed by atoms with Gasteiger partial charge in [0.05, 0.1) is 26.5 Å². The minimum absolute atomic E-state index is 0.0629. The summed E-state index contributed by atoms with van der Waals surface area (Å²) in [7, 11) is 0. The van der Waals surface area contributed by atoms with Crippen molar-refractivity contribution in [1.29, 1.82) is 0 Å². The third kappa shape index (κ3) is 5.11. The highest BCUT2D eigenvalue weighted by Crippen LogP contribution is 2.27. The molecule has 0 spiro atoms. The van der Waals surface area contributed by atoms with Crippen LogP contribution in [0.4, 0.5) is 17.1 Å². The van der Waals surface area contributed by atoms with E-state index in [-0.39, 0.29) is 24.3 Å². The molecule has 1 aliphatic heterocycles. The topological polar surface area (TPSA) is 87.7 Å². The van der Waals surface area contributed by atoms with Crippen LogP contribution in [0.5, 0.6) is 0 Å². The number of halogens is 2. The number of anilines is 3. The van der Waals surface area contributed by atoms with E-state index in [0.717, 1.165) is 17.0 Å². The Morgan fingerprint density at radius 1 is 0.969 bits per heavy atom. The van der Waals surface area contributed by atoms with Crippen molar-refractivity contribution in [1.82, 2.24) is 0 Å². The van der Waals surface area contributed by atoms with Crippen LogP contribution in [-0.2, 0) is 9.53 Å². The molecule has 32 heavy (non-hydrogen) atoms. The first-order chi connectivity index (χ1) is 15.4. The van der Waals surface area contributed by atoms with Crippen LogP contribution >= 0.6 is 34.5 Å². The number of hydrogen-bond donors (Lipinski definition) is 2. The molecular formula is C22H17Cl2N3O4S. The highest BCUT2D eigenvalue weighted by Gasteiger charge is 2.20. The molecule has 2 N–H and O–H groups in total. The molecule has 10 heteroatoms. The first-order valence-electron chi connectivity index (χ1n) is 9.56. The normalized spacial score (nSPS) is 13.7. The first-order valence-corrected chi connectivity index (χ1v) is 11.1. The van der Waals surface area contributed by atoms with E-state index in [9.17, 15) is 14.4 Å². The molecule has 1 aliphatic rings. The van der Waals surface area contributed by atoms with Crippen molar-refractivity contribution < 1.29 is 19.1 Å². The Bertz CT molecular complexity index is 1180. The molecule has 0 saturated carbocycles. The maximum Gasteiger partial charge on any atom is 0.265 e. The molecule has 7 nitrogen and oxygen atoms in total. The molecule has 0 atom stereocenters. The molecule has 2 heterocycles. The smallest absolute Gasteiger partial charge is 0.265 e. The number of carbonyl (C=O) groups is 3. The minimum Gasteiger partial charge on any atom is -0.370 e. The van der Waals surface area contributed by atoms with Crippen LogP contribution in [0.25, 0.3) is 0 Å². The number of rotatable bonds is 5. The fraction of sp³-hybridized carbons (Fsp3) is 0.136. The summed E-state index contributed by atoms with van der Waals surface area (Å²) in [5.41, 5.74) is 1.94. The fourth-order valence-electron chi connectivity index (χ4n) is 3.10. The lowest BCUT2D eigenvalue weighted by Crippen LogP contribution is -2.41. The molecule has 1 aromatic heterocycles. The Labute approximate surface area is 197 Å². The molecule has 1 fully saturated rings. The Hall–Kier alpha value is -2.91. The van der Waals surface area contributed by atoms with Gasteiger partial charge in [-0.1, -0.05) is 23.2 Å². The number of benzene rings is 2. The van der Waals surface area contributed by atoms with Crippen LogP contribution in [0.3, 0.4) is 0 Å². The molecule has 1 saturated heterocycles. The third-order valence-corrected chi connectivity index (χ3v) is 6.26. The van der Waals surface area contributed by atoms with Gasteiger partial charge in [0, 0.05) is 23.5 Å². The maximum atomic E-state index is 12.7. The van der Waals surface area contributed by atoms with Crippen molar-refractivity contribution in [3.05, 3.63) is 74.4 Å². The van der Waals surface area contributed by atoms with Crippen LogP contribution in [0.2, 0.25) is 9.36 Å². The second-order valence-corrected chi connectivity index (χ2v) is 8.97. The van der Waals surface area contributed by atoms with E-state index in [0.29, 0.717) is 44.3 Å². The second kappa shape index (κ2) is 9.70. The molecule has 0 unspecified atom stereocenters. The first kappa shape index (κ1) is 22.3. The van der Waals surface area contributed by atoms with Gasteiger partial charge in [-0.2, -0.15) is 0 Å². The van der Waals surface area contributed by atoms with E-state index >= 15 is 0 Å². The summed E-state index contributed by atoms with van der Waals surface area (Å²) >= 11 is 13.2. The van der Waals surface area contributed by atoms with Crippen molar-refractivity contribution in [2.24, 2.45) is 0 Å². The lowest BCUT2D eigenvalue weighted by Gasteiger charge is -2.26. The lowest BCUT2D eigenvalue weighted by molar-refractivity contribution is -0.125. The summed E-state index contributed by atoms with van der Waals surface area (Å²) in [6, 6.07) is 14.8. The standard InChI is InChI=1S/C22H17Cl2N3O4S/c23-16-6-1-13(11-17(16)26-22(30)18-7-8-19(24)32-18)21(29)25-14-2-4-15(5-3-14)27-9-10-31-12-20(27)28/h1-8,11H,9-10,12H2,(H,25,29)(H,26,30). The number of morpholine rings is 1. The van der Waals surface area contributed by atoms with Gasteiger partial charge in [0.25, 0.3) is 17.7 Å². The van der Waals surface area contributed by atoms with E-state index in [1.807, 2.05) is 0 Å². The maximum absolute atomic E-state index is 12.7. The zero-order valence-corrected chi connectivity index (χ0v) is 18.9. The van der Waals surface area contributed by atoms with E-state index < -0.39 is 0 Å². The van der Waals surface area contributed by atoms with Crippen molar-refractivity contribution in [2.45, 2.75) is 0 Å². The number of nitrogens with zero attached hydrogens (tertiary/aromatic N) is 1. The highest BCUT2D eigenvalue weighted by molar-refractivity contribution is 7.18. The van der Waals surface area contributed by atoms with Crippen LogP contribution < -0.4 is 15.5 Å². The molecule has 164 valence electrons. The quantitative estimate of drug-likeness (QED) is 0.532. The molecule has 0 bridgehead atoms. The summed E-state index contributed by atoms with van der Waals surface area (Å²) in [4.78, 5) is 39.1. The number of thiophene rings is 1. The molecule has 3 amide bonds. The van der Waals surface area contributed by atoms with E-state index in [2.05, 4.69) is 10.6 Å². The van der Waals surface area contributed by atoms with Gasteiger partial charge in [0.2, 0.25) is 0 Å². The fourth-order valence-corrected chi connectivity index (χ4v) is 4.20. The van der Waals surface area contributed by atoms with Crippen molar-refractivity contribution in [3.8, 4) is 0 Å². The van der Waals surface area contributed by atoms with Gasteiger partial charge >= 0.3 is 0 Å². The van der Waals surface area contributed by atoms with Crippen LogP contribution in [0.15, 0.2) is 54.6 Å². The Balaban J connectivity index is 1.44. The average Bonchev–Trinajstić information content (AvgIpc) is 3.23. The molecule has 0 aliphatic carbocycles. The lowest BCUT2D eigenvalue weighted by atomic mass is 10.1. The van der Waals surface area contributed by atoms with Crippen LogP contribution in [0.1, 0.15) is 20.0 Å². The summed E-state index contributed by atoms with van der Waals surface area (Å²) in [6.45, 7) is 1.04. The summed E-state index contributed by atoms with van der Waals surface area (Å²) < 4.78 is 5.64. The van der Waals surface area contributed by atoms with Gasteiger partial charge in [-0.05, 0) is 54.6 Å². The monoisotopic (exact) mass is 489 g/mol. The van der Waals surface area contributed by atoms with Crippen LogP contribution in [0, 0.1) is 0 Å². The van der Waals surface area contributed by atoms with Crippen molar-refractivity contribution in [3.63, 3.8) is 0 Å². The number of amides is 3. The number of hydrogen-bond acceptors (Lipinski definition) is 5. The Morgan fingerprint density at radius 2 is 1.75 bits per heavy atom. The number of nitrogens with one attached hydrogen (secondary N) is 2. The summed E-state index contributed by atoms with van der Waals surface area (Å²) in [6.07, 6.45) is 0. The number of ether oxygens (including phenoxy) is 1. The predicted molar refractivity (Wildman–Crippen MR) is 126 cm³/mol. The molecular weight excluding hydrogens is 473 g/mol. The van der Waals surface area contributed by atoms with Gasteiger partial charge in [0.1, 0.15) is 6.61 Å². The molecule has 3 aromatic rings. The Kier molecular flexibility index (Phi) is 6.76. The molecule has 0 radical (unpaired) electrons. The van der Waals surface area contributed by atoms with Gasteiger partial charge in [-0.3, -0.25) is 14.4 Å². The summed E-state index contributed by atoms with van der Waals surface area (Å²) in [5.74, 6) is -0.838.